The topological polar surface area (TPSA) is 91.8 Å². The lowest BCUT2D eigenvalue weighted by atomic mass is 9.98. The number of hydrogen-bond acceptors (Lipinski definition) is 6. The third-order valence-electron chi connectivity index (χ3n) is 9.22. The number of likely N-dealkylation sites (tertiary alicyclic amines) is 2. The van der Waals surface area contributed by atoms with Crippen LogP contribution in [-0.2, 0) is 14.3 Å². The molecule has 2 aliphatic heterocycles. The number of carbonyl (C=O) groups is 3. The standard InChI is InChI=1S/C32H39F3N4O4/c1-20-12-14-36-21(2)27(20)30(41)39-18-24-16-38(17-25(24)19-39)15-13-26(22-8-4-3-5-9-22)37-29(40)28(23-10-6-7-11-23)43-31(42)32(33,34)35/h3-5,8-9,12,14,23-26,28H,6-7,10-11,13,15-19H2,1-2H3,(H,37,40). The lowest BCUT2D eigenvalue weighted by molar-refractivity contribution is -0.207. The van der Waals surface area contributed by atoms with E-state index in [9.17, 15) is 27.6 Å². The SMILES string of the molecule is Cc1ccnc(C)c1C(=O)N1CC2CN(CCC(NC(=O)C(OC(=O)C(F)(F)F)C3CCCC3)c3ccccc3)CC2C1. The van der Waals surface area contributed by atoms with Gasteiger partial charge >= 0.3 is 12.1 Å². The minimum Gasteiger partial charge on any atom is -0.445 e. The Morgan fingerprint density at radius 2 is 1.65 bits per heavy atom. The molecule has 1 aromatic carbocycles. The lowest BCUT2D eigenvalue weighted by Crippen LogP contribution is -2.45. The van der Waals surface area contributed by atoms with Crippen LogP contribution in [0.15, 0.2) is 42.6 Å². The Bertz CT molecular complexity index is 1280. The number of aryl methyl sites for hydroxylation is 2. The predicted octanol–water partition coefficient (Wildman–Crippen LogP) is 4.61. The van der Waals surface area contributed by atoms with E-state index in [0.29, 0.717) is 56.3 Å². The van der Waals surface area contributed by atoms with Crippen LogP contribution in [0.1, 0.15) is 65.3 Å². The maximum absolute atomic E-state index is 13.4. The number of alkyl halides is 3. The first-order valence-electron chi connectivity index (χ1n) is 15.1. The van der Waals surface area contributed by atoms with Crippen LogP contribution >= 0.6 is 0 Å². The van der Waals surface area contributed by atoms with E-state index in [2.05, 4.69) is 15.2 Å². The summed E-state index contributed by atoms with van der Waals surface area (Å²) in [5.74, 6) is -2.74. The van der Waals surface area contributed by atoms with Crippen molar-refractivity contribution in [2.24, 2.45) is 17.8 Å². The molecule has 232 valence electrons. The number of nitrogens with one attached hydrogen (secondary N) is 1. The van der Waals surface area contributed by atoms with Crippen LogP contribution in [0.4, 0.5) is 13.2 Å². The molecule has 0 spiro atoms. The Morgan fingerprint density at radius 3 is 2.26 bits per heavy atom. The second-order valence-electron chi connectivity index (χ2n) is 12.2. The van der Waals surface area contributed by atoms with Crippen LogP contribution in [0, 0.1) is 31.6 Å². The number of hydrogen-bond donors (Lipinski definition) is 1. The van der Waals surface area contributed by atoms with Crippen LogP contribution in [-0.4, -0.2) is 77.6 Å². The zero-order valence-electron chi connectivity index (χ0n) is 24.6. The van der Waals surface area contributed by atoms with E-state index < -0.39 is 36.1 Å². The van der Waals surface area contributed by atoms with E-state index in [1.807, 2.05) is 55.1 Å². The molecule has 1 N–H and O–H groups in total. The van der Waals surface area contributed by atoms with Gasteiger partial charge in [-0.05, 0) is 62.1 Å². The summed E-state index contributed by atoms with van der Waals surface area (Å²) < 4.78 is 43.9. The van der Waals surface area contributed by atoms with Gasteiger partial charge in [-0.1, -0.05) is 43.2 Å². The number of ether oxygens (including phenoxy) is 1. The first-order valence-corrected chi connectivity index (χ1v) is 15.1. The van der Waals surface area contributed by atoms with E-state index in [-0.39, 0.29) is 5.91 Å². The molecule has 2 amide bonds. The van der Waals surface area contributed by atoms with Crippen LogP contribution in [0.25, 0.3) is 0 Å². The van der Waals surface area contributed by atoms with Crippen molar-refractivity contribution in [2.45, 2.75) is 64.3 Å². The van der Waals surface area contributed by atoms with Crippen molar-refractivity contribution in [2.75, 3.05) is 32.7 Å². The summed E-state index contributed by atoms with van der Waals surface area (Å²) in [6, 6.07) is 10.7. The van der Waals surface area contributed by atoms with E-state index in [1.165, 1.54) is 0 Å². The van der Waals surface area contributed by atoms with Gasteiger partial charge in [0.15, 0.2) is 6.10 Å². The zero-order valence-corrected chi connectivity index (χ0v) is 24.6. The van der Waals surface area contributed by atoms with Crippen LogP contribution in [0.3, 0.4) is 0 Å². The third-order valence-corrected chi connectivity index (χ3v) is 9.22. The van der Waals surface area contributed by atoms with Crippen LogP contribution in [0.2, 0.25) is 0 Å². The fourth-order valence-corrected chi connectivity index (χ4v) is 6.99. The van der Waals surface area contributed by atoms with E-state index in [4.69, 9.17) is 4.74 Å². The fourth-order valence-electron chi connectivity index (χ4n) is 6.99. The van der Waals surface area contributed by atoms with Gasteiger partial charge in [0.2, 0.25) is 0 Å². The summed E-state index contributed by atoms with van der Waals surface area (Å²) in [5, 5.41) is 2.92. The minimum absolute atomic E-state index is 0.0268. The van der Waals surface area contributed by atoms with Gasteiger partial charge in [0.25, 0.3) is 11.8 Å². The highest BCUT2D eigenvalue weighted by Crippen LogP contribution is 2.34. The monoisotopic (exact) mass is 600 g/mol. The van der Waals surface area contributed by atoms with Crippen molar-refractivity contribution in [3.05, 3.63) is 65.0 Å². The van der Waals surface area contributed by atoms with E-state index in [0.717, 1.165) is 42.8 Å². The van der Waals surface area contributed by atoms with Crippen molar-refractivity contribution in [1.29, 1.82) is 0 Å². The van der Waals surface area contributed by atoms with Gasteiger partial charge in [0, 0.05) is 44.8 Å². The number of esters is 1. The van der Waals surface area contributed by atoms with Gasteiger partial charge in [-0.3, -0.25) is 14.6 Å². The molecule has 1 aliphatic carbocycles. The number of pyridine rings is 1. The molecular formula is C32H39F3N4O4. The number of benzene rings is 1. The van der Waals surface area contributed by atoms with Gasteiger partial charge in [0.05, 0.1) is 17.3 Å². The molecule has 3 heterocycles. The number of amides is 2. The zero-order chi connectivity index (χ0) is 30.7. The number of rotatable bonds is 9. The molecule has 2 aromatic rings. The van der Waals surface area contributed by atoms with Crippen molar-refractivity contribution in [1.82, 2.24) is 20.1 Å². The maximum Gasteiger partial charge on any atom is 0.490 e. The average Bonchev–Trinajstić information content (AvgIpc) is 3.71. The van der Waals surface area contributed by atoms with Crippen molar-refractivity contribution in [3.63, 3.8) is 0 Å². The minimum atomic E-state index is -5.17. The summed E-state index contributed by atoms with van der Waals surface area (Å²) in [4.78, 5) is 46.9. The second kappa shape index (κ2) is 13.0. The van der Waals surface area contributed by atoms with Crippen LogP contribution in [0.5, 0.6) is 0 Å². The highest BCUT2D eigenvalue weighted by atomic mass is 19.4. The molecule has 3 fully saturated rings. The Labute approximate surface area is 250 Å². The molecule has 4 atom stereocenters. The Kier molecular flexibility index (Phi) is 9.39. The van der Waals surface area contributed by atoms with E-state index >= 15 is 0 Å². The molecule has 1 saturated carbocycles. The molecule has 43 heavy (non-hydrogen) atoms. The summed E-state index contributed by atoms with van der Waals surface area (Å²) in [6.45, 7) is 7.46. The Hall–Kier alpha value is -3.47. The lowest BCUT2D eigenvalue weighted by Gasteiger charge is -2.28. The molecule has 0 bridgehead atoms. The predicted molar refractivity (Wildman–Crippen MR) is 153 cm³/mol. The molecule has 11 heteroatoms. The Balaban J connectivity index is 1.21. The molecule has 2 saturated heterocycles. The van der Waals surface area contributed by atoms with Gasteiger partial charge in [-0.25, -0.2) is 4.79 Å². The molecule has 5 rings (SSSR count). The van der Waals surface area contributed by atoms with Gasteiger partial charge in [0.1, 0.15) is 0 Å². The molecule has 8 nitrogen and oxygen atoms in total. The quantitative estimate of drug-likeness (QED) is 0.423. The number of aromatic nitrogens is 1. The van der Waals surface area contributed by atoms with Crippen molar-refractivity contribution in [3.8, 4) is 0 Å². The first-order chi connectivity index (χ1) is 20.5. The highest BCUT2D eigenvalue weighted by Gasteiger charge is 2.46. The smallest absolute Gasteiger partial charge is 0.445 e. The fraction of sp³-hybridized carbons (Fsp3) is 0.562. The summed E-state index contributed by atoms with van der Waals surface area (Å²) in [5.41, 5.74) is 3.17. The van der Waals surface area contributed by atoms with Gasteiger partial charge < -0.3 is 19.9 Å². The molecule has 0 radical (unpaired) electrons. The van der Waals surface area contributed by atoms with Crippen molar-refractivity contribution >= 4 is 17.8 Å². The maximum atomic E-state index is 13.4. The number of halogens is 3. The summed E-state index contributed by atoms with van der Waals surface area (Å²) >= 11 is 0. The Morgan fingerprint density at radius 1 is 1.00 bits per heavy atom. The van der Waals surface area contributed by atoms with Gasteiger partial charge in [-0.15, -0.1) is 0 Å². The highest BCUT2D eigenvalue weighted by molar-refractivity contribution is 5.96. The number of carbonyl (C=O) groups excluding carboxylic acids is 3. The van der Waals surface area contributed by atoms with Crippen molar-refractivity contribution < 1.29 is 32.3 Å². The first kappa shape index (κ1) is 31.0. The van der Waals surface area contributed by atoms with Gasteiger partial charge in [-0.2, -0.15) is 13.2 Å². The normalized spacial score (nSPS) is 22.3. The molecular weight excluding hydrogens is 561 g/mol. The molecule has 1 aromatic heterocycles. The third kappa shape index (κ3) is 7.20. The number of fused-ring (bicyclic) bond motifs is 1. The molecule has 3 aliphatic rings. The summed E-state index contributed by atoms with van der Waals surface area (Å²) in [6.07, 6.45) is -1.76. The van der Waals surface area contributed by atoms with E-state index in [1.54, 1.807) is 6.20 Å². The molecule has 4 unspecified atom stereocenters. The number of nitrogens with zero attached hydrogens (tertiary/aromatic N) is 3. The van der Waals surface area contributed by atoms with Crippen LogP contribution < -0.4 is 5.32 Å². The largest absolute Gasteiger partial charge is 0.490 e. The average molecular weight is 601 g/mol. The summed E-state index contributed by atoms with van der Waals surface area (Å²) in [7, 11) is 0. The second-order valence-corrected chi connectivity index (χ2v) is 12.2.